The van der Waals surface area contributed by atoms with Gasteiger partial charge < -0.3 is 0 Å². The molecular formula is C10H14. The molecule has 0 saturated carbocycles. The molecule has 0 saturated heterocycles. The van der Waals surface area contributed by atoms with Crippen LogP contribution in [0.25, 0.3) is 0 Å². The van der Waals surface area contributed by atoms with E-state index in [1.54, 1.807) is 0 Å². The third-order valence-corrected chi connectivity index (χ3v) is 1.96. The number of allylic oxidation sites excluding steroid dienone is 6. The van der Waals surface area contributed by atoms with Gasteiger partial charge in [-0.05, 0) is 26.7 Å². The number of hydrogen-bond acceptors (Lipinski definition) is 0. The predicted molar refractivity (Wildman–Crippen MR) is 45.9 cm³/mol. The van der Waals surface area contributed by atoms with Crippen molar-refractivity contribution in [1.29, 1.82) is 0 Å². The topological polar surface area (TPSA) is 0 Å². The van der Waals surface area contributed by atoms with Crippen molar-refractivity contribution in [3.63, 3.8) is 0 Å². The van der Waals surface area contributed by atoms with Gasteiger partial charge in [0.1, 0.15) is 0 Å². The molecule has 0 nitrogen and oxygen atoms in total. The fourth-order valence-electron chi connectivity index (χ4n) is 1.15. The molecule has 0 amide bonds. The van der Waals surface area contributed by atoms with E-state index in [4.69, 9.17) is 0 Å². The van der Waals surface area contributed by atoms with Crippen LogP contribution in [-0.2, 0) is 0 Å². The Labute approximate surface area is 62.9 Å². The van der Waals surface area contributed by atoms with Crippen molar-refractivity contribution in [2.45, 2.75) is 26.7 Å². The van der Waals surface area contributed by atoms with E-state index in [2.05, 4.69) is 38.2 Å². The lowest BCUT2D eigenvalue weighted by Crippen LogP contribution is -1.89. The highest BCUT2D eigenvalue weighted by atomic mass is 14.1. The van der Waals surface area contributed by atoms with Crippen molar-refractivity contribution in [1.82, 2.24) is 0 Å². The van der Waals surface area contributed by atoms with Crippen molar-refractivity contribution in [3.8, 4) is 0 Å². The lowest BCUT2D eigenvalue weighted by atomic mass is 9.97. The fourth-order valence-corrected chi connectivity index (χ4v) is 1.15. The van der Waals surface area contributed by atoms with Crippen molar-refractivity contribution in [2.75, 3.05) is 0 Å². The van der Waals surface area contributed by atoms with Crippen LogP contribution in [0, 0.1) is 0 Å². The highest BCUT2D eigenvalue weighted by Crippen LogP contribution is 2.19. The predicted octanol–water partition coefficient (Wildman–Crippen LogP) is 3.23. The van der Waals surface area contributed by atoms with Gasteiger partial charge in [0, 0.05) is 0 Å². The lowest BCUT2D eigenvalue weighted by Gasteiger charge is -2.08. The molecule has 1 rings (SSSR count). The van der Waals surface area contributed by atoms with E-state index >= 15 is 0 Å². The first-order valence-corrected chi connectivity index (χ1v) is 3.85. The van der Waals surface area contributed by atoms with Crippen LogP contribution in [0.5, 0.6) is 0 Å². The van der Waals surface area contributed by atoms with E-state index in [0.717, 1.165) is 0 Å². The van der Waals surface area contributed by atoms with E-state index < -0.39 is 0 Å². The summed E-state index contributed by atoms with van der Waals surface area (Å²) in [5.74, 6) is 0. The SMILES string of the molecule is CC=C1C=CC(=CC)CC1. The first-order chi connectivity index (χ1) is 4.86. The van der Waals surface area contributed by atoms with Gasteiger partial charge in [0.25, 0.3) is 0 Å². The lowest BCUT2D eigenvalue weighted by molar-refractivity contribution is 0.941. The van der Waals surface area contributed by atoms with E-state index in [0.29, 0.717) is 0 Å². The Morgan fingerprint density at radius 1 is 1.00 bits per heavy atom. The Hall–Kier alpha value is -0.780. The fraction of sp³-hybridized carbons (Fsp3) is 0.400. The van der Waals surface area contributed by atoms with Gasteiger partial charge in [-0.2, -0.15) is 0 Å². The summed E-state index contributed by atoms with van der Waals surface area (Å²) in [4.78, 5) is 0. The minimum atomic E-state index is 1.21. The Morgan fingerprint density at radius 3 is 1.60 bits per heavy atom. The third-order valence-electron chi connectivity index (χ3n) is 1.96. The molecule has 1 aliphatic carbocycles. The maximum absolute atomic E-state index is 2.21. The van der Waals surface area contributed by atoms with Crippen LogP contribution in [0.3, 0.4) is 0 Å². The molecule has 0 spiro atoms. The largest absolute Gasteiger partial charge is 0.0844 e. The highest BCUT2D eigenvalue weighted by molar-refractivity contribution is 5.32. The molecule has 54 valence electrons. The summed E-state index contributed by atoms with van der Waals surface area (Å²) in [7, 11) is 0. The van der Waals surface area contributed by atoms with Gasteiger partial charge in [0.15, 0.2) is 0 Å². The molecule has 0 atom stereocenters. The molecule has 0 aliphatic heterocycles. The molecule has 0 bridgehead atoms. The first kappa shape index (κ1) is 7.33. The van der Waals surface area contributed by atoms with Crippen molar-refractivity contribution in [2.24, 2.45) is 0 Å². The van der Waals surface area contributed by atoms with Crippen molar-refractivity contribution < 1.29 is 0 Å². The molecule has 0 unspecified atom stereocenters. The van der Waals surface area contributed by atoms with Crippen LogP contribution in [0.2, 0.25) is 0 Å². The van der Waals surface area contributed by atoms with Gasteiger partial charge in [-0.25, -0.2) is 0 Å². The summed E-state index contributed by atoms with van der Waals surface area (Å²) in [5, 5.41) is 0. The molecule has 0 N–H and O–H groups in total. The summed E-state index contributed by atoms with van der Waals surface area (Å²) in [5.41, 5.74) is 2.93. The smallest absolute Gasteiger partial charge is 0.0242 e. The standard InChI is InChI=1S/C10H14/c1-3-9-5-7-10(4-2)8-6-9/h3-5,7H,6,8H2,1-2H3. The third kappa shape index (κ3) is 1.60. The van der Waals surface area contributed by atoms with Gasteiger partial charge in [-0.3, -0.25) is 0 Å². The van der Waals surface area contributed by atoms with Gasteiger partial charge in [0.2, 0.25) is 0 Å². The summed E-state index contributed by atoms with van der Waals surface area (Å²) < 4.78 is 0. The molecule has 0 radical (unpaired) electrons. The Morgan fingerprint density at radius 2 is 1.40 bits per heavy atom. The van der Waals surface area contributed by atoms with Crippen molar-refractivity contribution >= 4 is 0 Å². The Bertz CT molecular complexity index is 170. The minimum absolute atomic E-state index is 1.21. The second kappa shape index (κ2) is 3.40. The summed E-state index contributed by atoms with van der Waals surface area (Å²) >= 11 is 0. The normalized spacial score (nSPS) is 26.2. The number of hydrogen-bond donors (Lipinski definition) is 0. The summed E-state index contributed by atoms with van der Waals surface area (Å²) in [6, 6.07) is 0. The molecule has 1 aliphatic rings. The molecule has 0 aromatic heterocycles. The molecule has 0 aromatic rings. The van der Waals surface area contributed by atoms with Crippen LogP contribution < -0.4 is 0 Å². The van der Waals surface area contributed by atoms with Crippen LogP contribution in [-0.4, -0.2) is 0 Å². The average Bonchev–Trinajstić information content (AvgIpc) is 2.05. The minimum Gasteiger partial charge on any atom is -0.0844 e. The van der Waals surface area contributed by atoms with E-state index in [1.807, 2.05) is 0 Å². The summed E-state index contributed by atoms with van der Waals surface area (Å²) in [6.07, 6.45) is 11.2. The van der Waals surface area contributed by atoms with Crippen LogP contribution >= 0.6 is 0 Å². The van der Waals surface area contributed by atoms with Crippen LogP contribution in [0.1, 0.15) is 26.7 Å². The molecular weight excluding hydrogens is 120 g/mol. The van der Waals surface area contributed by atoms with E-state index in [1.165, 1.54) is 24.0 Å². The average molecular weight is 134 g/mol. The second-order valence-electron chi connectivity index (χ2n) is 2.56. The molecule has 0 fully saturated rings. The van der Waals surface area contributed by atoms with Gasteiger partial charge in [-0.15, -0.1) is 0 Å². The van der Waals surface area contributed by atoms with Crippen LogP contribution in [0.15, 0.2) is 35.5 Å². The first-order valence-electron chi connectivity index (χ1n) is 3.85. The molecule has 10 heavy (non-hydrogen) atoms. The zero-order valence-electron chi connectivity index (χ0n) is 6.72. The summed E-state index contributed by atoms with van der Waals surface area (Å²) in [6.45, 7) is 4.20. The van der Waals surface area contributed by atoms with Crippen LogP contribution in [0.4, 0.5) is 0 Å². The molecule has 0 heteroatoms. The molecule has 0 aromatic carbocycles. The van der Waals surface area contributed by atoms with Gasteiger partial charge in [-0.1, -0.05) is 35.5 Å². The zero-order valence-corrected chi connectivity index (χ0v) is 6.72. The Kier molecular flexibility index (Phi) is 2.49. The second-order valence-corrected chi connectivity index (χ2v) is 2.56. The Balaban J connectivity index is 2.70. The maximum atomic E-state index is 2.21. The quantitative estimate of drug-likeness (QED) is 0.477. The monoisotopic (exact) mass is 134 g/mol. The number of rotatable bonds is 0. The maximum Gasteiger partial charge on any atom is -0.0242 e. The molecule has 0 heterocycles. The van der Waals surface area contributed by atoms with E-state index in [-0.39, 0.29) is 0 Å². The highest BCUT2D eigenvalue weighted by Gasteiger charge is 2.00. The zero-order chi connectivity index (χ0) is 7.40. The van der Waals surface area contributed by atoms with Crippen molar-refractivity contribution in [3.05, 3.63) is 35.5 Å². The van der Waals surface area contributed by atoms with E-state index in [9.17, 15) is 0 Å². The van der Waals surface area contributed by atoms with Gasteiger partial charge in [0.05, 0.1) is 0 Å². The van der Waals surface area contributed by atoms with Gasteiger partial charge >= 0.3 is 0 Å².